The lowest BCUT2D eigenvalue weighted by atomic mass is 10.2. The summed E-state index contributed by atoms with van der Waals surface area (Å²) in [6, 6.07) is 8.24. The number of hydrogen-bond donors (Lipinski definition) is 3. The second-order valence-electron chi connectivity index (χ2n) is 6.77. The molecular weight excluding hydrogens is 488 g/mol. The van der Waals surface area contributed by atoms with E-state index in [1.54, 1.807) is 0 Å². The quantitative estimate of drug-likeness (QED) is 0.381. The van der Waals surface area contributed by atoms with Crippen LogP contribution in [0.4, 0.5) is 17.6 Å². The molecule has 2 aromatic carbocycles. The molecule has 0 spiro atoms. The van der Waals surface area contributed by atoms with Gasteiger partial charge in [-0.15, -0.1) is 13.2 Å². The first-order valence-electron chi connectivity index (χ1n) is 9.80. The highest BCUT2D eigenvalue weighted by Gasteiger charge is 2.31. The summed E-state index contributed by atoms with van der Waals surface area (Å²) in [5.74, 6) is -1.88. The average Bonchev–Trinajstić information content (AvgIpc) is 2.77. The number of amides is 2. The molecule has 0 unspecified atom stereocenters. The Kier molecular flexibility index (Phi) is 10.2. The Morgan fingerprint density at radius 1 is 0.941 bits per heavy atom. The van der Waals surface area contributed by atoms with Crippen LogP contribution < -0.4 is 24.8 Å². The number of benzene rings is 2. The van der Waals surface area contributed by atoms with Crippen LogP contribution in [0, 0.1) is 5.82 Å². The van der Waals surface area contributed by atoms with Gasteiger partial charge in [0.25, 0.3) is 11.8 Å². The third-order valence-corrected chi connectivity index (χ3v) is 4.33. The van der Waals surface area contributed by atoms with Gasteiger partial charge in [0.05, 0.1) is 11.1 Å². The number of carbonyl (C=O) groups is 2. The largest absolute Gasteiger partial charge is 0.573 e. The van der Waals surface area contributed by atoms with Gasteiger partial charge in [0.15, 0.2) is 13.2 Å². The molecule has 2 amide bonds. The molecule has 0 aliphatic heterocycles. The van der Waals surface area contributed by atoms with Gasteiger partial charge in [-0.3, -0.25) is 9.59 Å². The van der Waals surface area contributed by atoms with E-state index in [-0.39, 0.29) is 42.6 Å². The van der Waals surface area contributed by atoms with Gasteiger partial charge in [-0.2, -0.15) is 0 Å². The van der Waals surface area contributed by atoms with Gasteiger partial charge in [0.1, 0.15) is 23.1 Å². The summed E-state index contributed by atoms with van der Waals surface area (Å²) >= 11 is 5.55. The van der Waals surface area contributed by atoms with Gasteiger partial charge in [-0.25, -0.2) is 4.39 Å². The minimum atomic E-state index is -4.81. The van der Waals surface area contributed by atoms with Crippen molar-refractivity contribution in [2.24, 2.45) is 0 Å². The molecule has 2 rings (SSSR count). The second kappa shape index (κ2) is 12.8. The normalized spacial score (nSPS) is 11.9. The van der Waals surface area contributed by atoms with Crippen LogP contribution in [0.15, 0.2) is 42.5 Å². The van der Waals surface area contributed by atoms with E-state index in [0.717, 1.165) is 18.2 Å². The molecule has 3 N–H and O–H groups in total. The number of alkyl halides is 3. The fourth-order valence-corrected chi connectivity index (χ4v) is 2.53. The summed E-state index contributed by atoms with van der Waals surface area (Å²) in [6.07, 6.45) is -5.64. The zero-order valence-corrected chi connectivity index (χ0v) is 18.3. The minimum absolute atomic E-state index is 0.0712. The van der Waals surface area contributed by atoms with Crippen LogP contribution in [0.2, 0.25) is 5.02 Å². The van der Waals surface area contributed by atoms with E-state index in [1.807, 2.05) is 0 Å². The number of aliphatic hydroxyl groups excluding tert-OH is 1. The molecule has 1 atom stereocenters. The van der Waals surface area contributed by atoms with E-state index in [1.165, 1.54) is 24.3 Å². The second-order valence-corrected chi connectivity index (χ2v) is 7.18. The van der Waals surface area contributed by atoms with Crippen LogP contribution in [0.25, 0.3) is 0 Å². The molecule has 0 radical (unpaired) electrons. The van der Waals surface area contributed by atoms with Gasteiger partial charge in [0, 0.05) is 19.2 Å². The Bertz CT molecular complexity index is 959. The average molecular weight is 509 g/mol. The summed E-state index contributed by atoms with van der Waals surface area (Å²) < 4.78 is 63.7. The van der Waals surface area contributed by atoms with Gasteiger partial charge >= 0.3 is 6.36 Å². The molecule has 0 saturated carbocycles. The third-order valence-electron chi connectivity index (χ3n) is 4.02. The van der Waals surface area contributed by atoms with Crippen LogP contribution in [0.1, 0.15) is 6.42 Å². The molecular formula is C21H21ClF4N2O6. The van der Waals surface area contributed by atoms with Crippen molar-refractivity contribution in [3.05, 3.63) is 53.3 Å². The number of nitrogens with one attached hydrogen (secondary N) is 2. The van der Waals surface area contributed by atoms with Crippen LogP contribution >= 0.6 is 11.6 Å². The van der Waals surface area contributed by atoms with Crippen molar-refractivity contribution >= 4 is 23.4 Å². The highest BCUT2D eigenvalue weighted by molar-refractivity contribution is 6.30. The van der Waals surface area contributed by atoms with E-state index in [4.69, 9.17) is 21.1 Å². The van der Waals surface area contributed by atoms with E-state index in [2.05, 4.69) is 15.4 Å². The van der Waals surface area contributed by atoms with Crippen LogP contribution in [-0.2, 0) is 9.59 Å². The Hall–Kier alpha value is -3.25. The summed E-state index contributed by atoms with van der Waals surface area (Å²) in [6.45, 7) is -0.811. The number of carbonyl (C=O) groups excluding carboxylic acids is 2. The molecule has 34 heavy (non-hydrogen) atoms. The standard InChI is InChI=1S/C21H21ClF4N2O6/c22-17-6-5-16(9-18(17)23)33-11-19(30)27-8-7-13(29)10-28-20(31)12-32-14-1-3-15(4-2-14)34-21(24,25)26/h1-6,9,13,29H,7-8,10-12H2,(H,27,30)(H,28,31)/t13-/m0/s1. The predicted octanol–water partition coefficient (Wildman–Crippen LogP) is 2.82. The molecule has 0 bridgehead atoms. The summed E-state index contributed by atoms with van der Waals surface area (Å²) in [7, 11) is 0. The molecule has 186 valence electrons. The van der Waals surface area contributed by atoms with Crippen molar-refractivity contribution < 1.29 is 46.5 Å². The van der Waals surface area contributed by atoms with E-state index in [0.29, 0.717) is 0 Å². The lowest BCUT2D eigenvalue weighted by molar-refractivity contribution is -0.274. The van der Waals surface area contributed by atoms with Crippen LogP contribution in [0.5, 0.6) is 17.2 Å². The maximum Gasteiger partial charge on any atom is 0.573 e. The maximum absolute atomic E-state index is 13.3. The Morgan fingerprint density at radius 2 is 1.50 bits per heavy atom. The van der Waals surface area contributed by atoms with Crippen molar-refractivity contribution in [1.82, 2.24) is 10.6 Å². The van der Waals surface area contributed by atoms with Crippen molar-refractivity contribution in [2.75, 3.05) is 26.3 Å². The van der Waals surface area contributed by atoms with E-state index in [9.17, 15) is 32.3 Å². The summed E-state index contributed by atoms with van der Waals surface area (Å²) in [5, 5.41) is 14.7. The SMILES string of the molecule is O=C(COc1ccc(Cl)c(F)c1)NCC[C@H](O)CNC(=O)COc1ccc(OC(F)(F)F)cc1. The van der Waals surface area contributed by atoms with Crippen molar-refractivity contribution in [3.63, 3.8) is 0 Å². The molecule has 0 saturated heterocycles. The van der Waals surface area contributed by atoms with Gasteiger partial charge in [-0.05, 0) is 42.8 Å². The Labute approximate surface area is 196 Å². The molecule has 13 heteroatoms. The van der Waals surface area contributed by atoms with Crippen molar-refractivity contribution in [1.29, 1.82) is 0 Å². The van der Waals surface area contributed by atoms with Gasteiger partial charge in [0.2, 0.25) is 0 Å². The molecule has 0 aliphatic rings. The topological polar surface area (TPSA) is 106 Å². The molecule has 8 nitrogen and oxygen atoms in total. The summed E-state index contributed by atoms with van der Waals surface area (Å²) in [4.78, 5) is 23.5. The fourth-order valence-electron chi connectivity index (χ4n) is 2.42. The first kappa shape index (κ1) is 27.0. The minimum Gasteiger partial charge on any atom is -0.484 e. The number of halogens is 5. The smallest absolute Gasteiger partial charge is 0.484 e. The first-order valence-corrected chi connectivity index (χ1v) is 10.2. The number of ether oxygens (including phenoxy) is 3. The zero-order valence-electron chi connectivity index (χ0n) is 17.5. The highest BCUT2D eigenvalue weighted by Crippen LogP contribution is 2.24. The van der Waals surface area contributed by atoms with Crippen molar-refractivity contribution in [3.8, 4) is 17.2 Å². The third kappa shape index (κ3) is 10.6. The maximum atomic E-state index is 13.3. The Morgan fingerprint density at radius 3 is 2.12 bits per heavy atom. The number of hydrogen-bond acceptors (Lipinski definition) is 6. The molecule has 2 aromatic rings. The number of aliphatic hydroxyl groups is 1. The highest BCUT2D eigenvalue weighted by atomic mass is 35.5. The number of rotatable bonds is 12. The first-order chi connectivity index (χ1) is 16.0. The van der Waals surface area contributed by atoms with Gasteiger partial charge < -0.3 is 30.0 Å². The summed E-state index contributed by atoms with van der Waals surface area (Å²) in [5.41, 5.74) is 0. The van der Waals surface area contributed by atoms with Gasteiger partial charge in [-0.1, -0.05) is 11.6 Å². The lowest BCUT2D eigenvalue weighted by Crippen LogP contribution is -2.37. The molecule has 0 heterocycles. The molecule has 0 aliphatic carbocycles. The lowest BCUT2D eigenvalue weighted by Gasteiger charge is -2.13. The Balaban J connectivity index is 1.57. The monoisotopic (exact) mass is 508 g/mol. The molecule has 0 aromatic heterocycles. The van der Waals surface area contributed by atoms with Crippen molar-refractivity contribution in [2.45, 2.75) is 18.9 Å². The van der Waals surface area contributed by atoms with Crippen LogP contribution in [0.3, 0.4) is 0 Å². The predicted molar refractivity (Wildman–Crippen MR) is 112 cm³/mol. The van der Waals surface area contributed by atoms with Crippen LogP contribution in [-0.4, -0.2) is 55.7 Å². The fraction of sp³-hybridized carbons (Fsp3) is 0.333. The van der Waals surface area contributed by atoms with E-state index >= 15 is 0 Å². The zero-order chi connectivity index (χ0) is 25.1. The van der Waals surface area contributed by atoms with E-state index < -0.39 is 42.5 Å². The molecule has 0 fully saturated rings.